The number of nitrogens with one attached hydrogen (secondary N) is 2. The lowest BCUT2D eigenvalue weighted by Gasteiger charge is -2.22. The van der Waals surface area contributed by atoms with E-state index in [1.807, 2.05) is 79.9 Å². The van der Waals surface area contributed by atoms with Crippen molar-refractivity contribution in [2.45, 2.75) is 38.5 Å². The van der Waals surface area contributed by atoms with E-state index in [9.17, 15) is 9.59 Å². The van der Waals surface area contributed by atoms with Gasteiger partial charge in [-0.3, -0.25) is 9.59 Å². The monoisotopic (exact) mass is 463 g/mol. The molecule has 33 heavy (non-hydrogen) atoms. The third-order valence-electron chi connectivity index (χ3n) is 4.99. The van der Waals surface area contributed by atoms with Crippen LogP contribution in [0.15, 0.2) is 72.4 Å². The number of hydrogen-bond acceptors (Lipinski definition) is 5. The molecule has 2 N–H and O–H groups in total. The van der Waals surface area contributed by atoms with Crippen LogP contribution in [0.25, 0.3) is 0 Å². The summed E-state index contributed by atoms with van der Waals surface area (Å²) in [6.45, 7) is 10.3. The molecular weight excluding hydrogens is 434 g/mol. The van der Waals surface area contributed by atoms with E-state index in [0.717, 1.165) is 11.3 Å². The molecule has 3 aromatic rings. The Morgan fingerprint density at radius 2 is 1.79 bits per heavy atom. The molecule has 0 saturated heterocycles. The number of thioether (sulfide) groups is 1. The molecule has 0 spiro atoms. The first-order valence-electron chi connectivity index (χ1n) is 10.8. The van der Waals surface area contributed by atoms with Gasteiger partial charge in [0.05, 0.1) is 11.8 Å². The quantitative estimate of drug-likeness (QED) is 0.338. The molecule has 1 heterocycles. The highest BCUT2D eigenvalue weighted by Gasteiger charge is 2.26. The zero-order chi connectivity index (χ0) is 23.8. The molecule has 0 unspecified atom stereocenters. The largest absolute Gasteiger partial charge is 0.342 e. The summed E-state index contributed by atoms with van der Waals surface area (Å²) in [5, 5.41) is 15.2. The van der Waals surface area contributed by atoms with E-state index in [4.69, 9.17) is 0 Å². The first-order chi connectivity index (χ1) is 15.9. The summed E-state index contributed by atoms with van der Waals surface area (Å²) in [6, 6.07) is 16.4. The van der Waals surface area contributed by atoms with E-state index in [1.165, 1.54) is 11.8 Å². The maximum Gasteiger partial charge on any atom is 0.251 e. The van der Waals surface area contributed by atoms with Gasteiger partial charge >= 0.3 is 0 Å². The van der Waals surface area contributed by atoms with Gasteiger partial charge in [-0.15, -0.1) is 16.8 Å². The van der Waals surface area contributed by atoms with Gasteiger partial charge < -0.3 is 15.2 Å². The number of aryl methyl sites for hydroxylation is 1. The predicted molar refractivity (Wildman–Crippen MR) is 132 cm³/mol. The Labute approximate surface area is 198 Å². The summed E-state index contributed by atoms with van der Waals surface area (Å²) in [5.41, 5.74) is 2.43. The van der Waals surface area contributed by atoms with Crippen molar-refractivity contribution in [2.24, 2.45) is 5.92 Å². The molecule has 0 aliphatic rings. The van der Waals surface area contributed by atoms with E-state index in [2.05, 4.69) is 27.4 Å². The van der Waals surface area contributed by atoms with E-state index >= 15 is 0 Å². The number of aromatic nitrogens is 3. The summed E-state index contributed by atoms with van der Waals surface area (Å²) >= 11 is 1.30. The fourth-order valence-electron chi connectivity index (χ4n) is 3.25. The molecule has 2 aromatic carbocycles. The second-order valence-electron chi connectivity index (χ2n) is 8.00. The number of rotatable bonds is 10. The van der Waals surface area contributed by atoms with Crippen molar-refractivity contribution in [3.63, 3.8) is 0 Å². The number of allylic oxidation sites excluding steroid dienone is 1. The molecule has 0 radical (unpaired) electrons. The van der Waals surface area contributed by atoms with Crippen LogP contribution < -0.4 is 10.6 Å². The topological polar surface area (TPSA) is 88.9 Å². The summed E-state index contributed by atoms with van der Waals surface area (Å²) in [6.07, 6.45) is 1.75. The lowest BCUT2D eigenvalue weighted by atomic mass is 10.0. The molecule has 172 valence electrons. The molecule has 8 heteroatoms. The van der Waals surface area contributed by atoms with Gasteiger partial charge in [0, 0.05) is 17.8 Å². The number of carbonyl (C=O) groups is 2. The zero-order valence-corrected chi connectivity index (χ0v) is 19.9. The minimum atomic E-state index is -0.348. The molecule has 1 atom stereocenters. The normalized spacial score (nSPS) is 11.8. The second-order valence-corrected chi connectivity index (χ2v) is 8.95. The molecule has 3 rings (SSSR count). The molecule has 0 saturated carbocycles. The van der Waals surface area contributed by atoms with Crippen molar-refractivity contribution in [2.75, 3.05) is 11.1 Å². The molecule has 0 bridgehead atoms. The van der Waals surface area contributed by atoms with Gasteiger partial charge in [0.2, 0.25) is 5.91 Å². The highest BCUT2D eigenvalue weighted by Crippen LogP contribution is 2.26. The first-order valence-corrected chi connectivity index (χ1v) is 11.8. The van der Waals surface area contributed by atoms with Crippen molar-refractivity contribution in [1.29, 1.82) is 0 Å². The van der Waals surface area contributed by atoms with Crippen LogP contribution in [0, 0.1) is 12.8 Å². The van der Waals surface area contributed by atoms with Gasteiger partial charge in [0.25, 0.3) is 5.91 Å². The number of benzene rings is 2. The van der Waals surface area contributed by atoms with Crippen LogP contribution in [-0.4, -0.2) is 32.3 Å². The van der Waals surface area contributed by atoms with Gasteiger partial charge in [0.1, 0.15) is 0 Å². The van der Waals surface area contributed by atoms with Gasteiger partial charge in [-0.2, -0.15) is 0 Å². The highest BCUT2D eigenvalue weighted by atomic mass is 32.2. The van der Waals surface area contributed by atoms with E-state index in [0.29, 0.717) is 23.1 Å². The lowest BCUT2D eigenvalue weighted by molar-refractivity contribution is -0.113. The number of hydrogen-bond donors (Lipinski definition) is 2. The van der Waals surface area contributed by atoms with E-state index < -0.39 is 0 Å². The van der Waals surface area contributed by atoms with Crippen molar-refractivity contribution < 1.29 is 9.59 Å². The number of anilines is 1. The predicted octanol–water partition coefficient (Wildman–Crippen LogP) is 4.63. The van der Waals surface area contributed by atoms with Crippen molar-refractivity contribution >= 4 is 29.3 Å². The summed E-state index contributed by atoms with van der Waals surface area (Å²) < 4.78 is 1.90. The highest BCUT2D eigenvalue weighted by molar-refractivity contribution is 7.99. The van der Waals surface area contributed by atoms with Crippen molar-refractivity contribution in [3.8, 4) is 0 Å². The van der Waals surface area contributed by atoms with Crippen LogP contribution >= 0.6 is 11.8 Å². The molecule has 0 aliphatic carbocycles. The minimum absolute atomic E-state index is 0.0754. The number of amides is 2. The molecule has 7 nitrogen and oxygen atoms in total. The second kappa shape index (κ2) is 11.5. The van der Waals surface area contributed by atoms with Gasteiger partial charge in [-0.25, -0.2) is 0 Å². The van der Waals surface area contributed by atoms with Crippen LogP contribution in [0.3, 0.4) is 0 Å². The SMILES string of the molecule is C=CCn1c(SCC(=O)Nc2ccccc2)nnc1[C@@H](NC(=O)c1ccc(C)cc1)C(C)C. The van der Waals surface area contributed by atoms with Gasteiger partial charge in [-0.05, 0) is 37.1 Å². The summed E-state index contributed by atoms with van der Waals surface area (Å²) in [4.78, 5) is 25.2. The fourth-order valence-corrected chi connectivity index (χ4v) is 4.00. The smallest absolute Gasteiger partial charge is 0.251 e. The lowest BCUT2D eigenvalue weighted by Crippen LogP contribution is -2.33. The third kappa shape index (κ3) is 6.55. The Balaban J connectivity index is 1.75. The molecular formula is C25H29N5O2S. The molecule has 1 aromatic heterocycles. The van der Waals surface area contributed by atoms with Gasteiger partial charge in [-0.1, -0.05) is 67.6 Å². The molecule has 2 amide bonds. The fraction of sp³-hybridized carbons (Fsp3) is 0.280. The van der Waals surface area contributed by atoms with Crippen LogP contribution in [0.4, 0.5) is 5.69 Å². The first kappa shape index (κ1) is 24.3. The Kier molecular flexibility index (Phi) is 8.43. The zero-order valence-electron chi connectivity index (χ0n) is 19.1. The summed E-state index contributed by atoms with van der Waals surface area (Å²) in [5.74, 6) is 0.599. The van der Waals surface area contributed by atoms with Crippen LogP contribution in [0.2, 0.25) is 0 Å². The van der Waals surface area contributed by atoms with Crippen LogP contribution in [-0.2, 0) is 11.3 Å². The van der Waals surface area contributed by atoms with E-state index in [1.54, 1.807) is 6.08 Å². The number of para-hydroxylation sites is 1. The Bertz CT molecular complexity index is 1090. The minimum Gasteiger partial charge on any atom is -0.342 e. The molecule has 0 aliphatic heterocycles. The Hall–Kier alpha value is -3.39. The standard InChI is InChI=1S/C25H29N5O2S/c1-5-15-30-23(22(17(2)3)27-24(32)19-13-11-18(4)12-14-19)28-29-25(30)33-16-21(31)26-20-9-7-6-8-10-20/h5-14,17,22H,1,15-16H2,2-4H3,(H,26,31)(H,27,32)/t22-/m0/s1. The number of carbonyl (C=O) groups excluding carboxylic acids is 2. The number of nitrogens with zero attached hydrogens (tertiary/aromatic N) is 3. The average molecular weight is 464 g/mol. The third-order valence-corrected chi connectivity index (χ3v) is 5.96. The van der Waals surface area contributed by atoms with Crippen molar-refractivity contribution in [3.05, 3.63) is 84.2 Å². The summed E-state index contributed by atoms with van der Waals surface area (Å²) in [7, 11) is 0. The maximum absolute atomic E-state index is 12.9. The van der Waals surface area contributed by atoms with Gasteiger partial charge in [0.15, 0.2) is 11.0 Å². The molecule has 0 fully saturated rings. The van der Waals surface area contributed by atoms with Crippen LogP contribution in [0.1, 0.15) is 41.6 Å². The Morgan fingerprint density at radius 1 is 1.09 bits per heavy atom. The van der Waals surface area contributed by atoms with E-state index in [-0.39, 0.29) is 29.5 Å². The van der Waals surface area contributed by atoms with Crippen LogP contribution in [0.5, 0.6) is 0 Å². The maximum atomic E-state index is 12.9. The Morgan fingerprint density at radius 3 is 2.42 bits per heavy atom. The van der Waals surface area contributed by atoms with Crippen molar-refractivity contribution in [1.82, 2.24) is 20.1 Å². The average Bonchev–Trinajstić information content (AvgIpc) is 3.19.